The van der Waals surface area contributed by atoms with Crippen LogP contribution in [0.15, 0.2) is 72.5 Å². The second-order valence-corrected chi connectivity index (χ2v) is 6.90. The Morgan fingerprint density at radius 3 is 2.21 bits per heavy atom. The number of Topliss-reactive ketones (excluding diaryl/α,β-unsaturated/α-hetero) is 1. The molecule has 3 aromatic rings. The van der Waals surface area contributed by atoms with Crippen LogP contribution in [-0.4, -0.2) is 29.8 Å². The first-order valence-electron chi connectivity index (χ1n) is 9.59. The Morgan fingerprint density at radius 1 is 0.939 bits per heavy atom. The highest BCUT2D eigenvalue weighted by molar-refractivity contribution is 6.14. The third kappa shape index (κ3) is 4.47. The van der Waals surface area contributed by atoms with Gasteiger partial charge in [0.2, 0.25) is 5.78 Å². The van der Waals surface area contributed by atoms with E-state index in [0.29, 0.717) is 16.7 Å². The lowest BCUT2D eigenvalue weighted by molar-refractivity contribution is -0.384. The molecule has 4 rings (SSSR count). The van der Waals surface area contributed by atoms with E-state index in [2.05, 4.69) is 4.74 Å². The number of methoxy groups -OCH3 is 1. The number of carbonyl (C=O) groups excluding carboxylic acids is 3. The number of non-ortho nitro benzene ring substituents is 1. The summed E-state index contributed by atoms with van der Waals surface area (Å²) in [6.07, 6.45) is 1.53. The topological polar surface area (TPSA) is 122 Å². The van der Waals surface area contributed by atoms with Crippen molar-refractivity contribution in [3.05, 3.63) is 105 Å². The zero-order valence-corrected chi connectivity index (χ0v) is 17.1. The lowest BCUT2D eigenvalue weighted by Gasteiger charge is -2.05. The van der Waals surface area contributed by atoms with Crippen LogP contribution in [0.3, 0.4) is 0 Å². The average Bonchev–Trinajstić information content (AvgIpc) is 3.13. The summed E-state index contributed by atoms with van der Waals surface area (Å²) in [7, 11) is 1.29. The van der Waals surface area contributed by atoms with Crippen molar-refractivity contribution in [2.75, 3.05) is 7.11 Å². The Bertz CT molecular complexity index is 1310. The third-order valence-electron chi connectivity index (χ3n) is 4.80. The number of ketones is 1. The molecule has 1 heterocycles. The number of benzene rings is 3. The molecule has 0 bridgehead atoms. The largest absolute Gasteiger partial charge is 0.465 e. The van der Waals surface area contributed by atoms with Crippen LogP contribution >= 0.6 is 0 Å². The predicted molar refractivity (Wildman–Crippen MR) is 115 cm³/mol. The molecule has 0 N–H and O–H groups in total. The highest BCUT2D eigenvalue weighted by Crippen LogP contribution is 2.35. The minimum atomic E-state index is -0.712. The van der Waals surface area contributed by atoms with Gasteiger partial charge in [-0.1, -0.05) is 12.1 Å². The molecule has 1 aliphatic heterocycles. The highest BCUT2D eigenvalue weighted by Gasteiger charge is 2.28. The van der Waals surface area contributed by atoms with Crippen LogP contribution in [0.5, 0.6) is 11.5 Å². The zero-order chi connectivity index (χ0) is 23.5. The van der Waals surface area contributed by atoms with E-state index in [9.17, 15) is 24.5 Å². The van der Waals surface area contributed by atoms with E-state index in [1.54, 1.807) is 24.3 Å². The maximum Gasteiger partial charge on any atom is 0.343 e. The minimum absolute atomic E-state index is 0.0784. The minimum Gasteiger partial charge on any atom is -0.465 e. The van der Waals surface area contributed by atoms with Crippen molar-refractivity contribution in [2.24, 2.45) is 0 Å². The standard InChI is InChI=1S/C24H15NO8/c1-31-23(27)15-4-2-14(3-5-15)12-21-22(26)19-11-10-18(13-20(19)33-21)32-24(28)16-6-8-17(9-7-16)25(29)30/h2-13H,1H3. The van der Waals surface area contributed by atoms with Gasteiger partial charge in [0.1, 0.15) is 11.5 Å². The quantitative estimate of drug-likeness (QED) is 0.188. The lowest BCUT2D eigenvalue weighted by Crippen LogP contribution is -2.08. The Balaban J connectivity index is 1.49. The predicted octanol–water partition coefficient (Wildman–Crippen LogP) is 4.22. The maximum absolute atomic E-state index is 12.6. The van der Waals surface area contributed by atoms with Crippen LogP contribution in [-0.2, 0) is 4.74 Å². The molecule has 0 saturated carbocycles. The van der Waals surface area contributed by atoms with Gasteiger partial charge in [0.25, 0.3) is 5.69 Å². The molecule has 0 aliphatic carbocycles. The number of allylic oxidation sites excluding steroid dienone is 1. The zero-order valence-electron chi connectivity index (χ0n) is 17.1. The fraction of sp³-hybridized carbons (Fsp3) is 0.0417. The fourth-order valence-electron chi connectivity index (χ4n) is 3.10. The Morgan fingerprint density at radius 2 is 1.58 bits per heavy atom. The molecule has 0 radical (unpaired) electrons. The molecule has 0 saturated heterocycles. The molecule has 0 spiro atoms. The highest BCUT2D eigenvalue weighted by atomic mass is 16.6. The SMILES string of the molecule is COC(=O)c1ccc(C=C2Oc3cc(OC(=O)c4ccc([N+](=O)[O-])cc4)ccc3C2=O)cc1. The van der Waals surface area contributed by atoms with E-state index in [4.69, 9.17) is 9.47 Å². The van der Waals surface area contributed by atoms with Crippen LogP contribution in [0, 0.1) is 10.1 Å². The first-order chi connectivity index (χ1) is 15.9. The van der Waals surface area contributed by atoms with Gasteiger partial charge in [-0.05, 0) is 48.0 Å². The molecule has 0 atom stereocenters. The average molecular weight is 445 g/mol. The van der Waals surface area contributed by atoms with Gasteiger partial charge in [-0.25, -0.2) is 9.59 Å². The van der Waals surface area contributed by atoms with Crippen LogP contribution in [0.2, 0.25) is 0 Å². The molecule has 3 aromatic carbocycles. The van der Waals surface area contributed by atoms with Gasteiger partial charge in [0.05, 0.1) is 28.7 Å². The number of nitro groups is 1. The molecule has 0 unspecified atom stereocenters. The van der Waals surface area contributed by atoms with Crippen molar-refractivity contribution in [3.63, 3.8) is 0 Å². The summed E-state index contributed by atoms with van der Waals surface area (Å²) in [6, 6.07) is 15.8. The number of carbonyl (C=O) groups is 3. The molecule has 0 aromatic heterocycles. The van der Waals surface area contributed by atoms with Crippen LogP contribution in [0.25, 0.3) is 6.08 Å². The molecule has 9 nitrogen and oxygen atoms in total. The number of esters is 2. The summed E-state index contributed by atoms with van der Waals surface area (Å²) in [5.41, 5.74) is 1.32. The normalized spacial score (nSPS) is 13.2. The van der Waals surface area contributed by atoms with E-state index >= 15 is 0 Å². The summed E-state index contributed by atoms with van der Waals surface area (Å²) in [6.45, 7) is 0. The Labute approximate surface area is 187 Å². The van der Waals surface area contributed by atoms with Gasteiger partial charge in [-0.3, -0.25) is 14.9 Å². The number of ether oxygens (including phenoxy) is 3. The first-order valence-corrected chi connectivity index (χ1v) is 9.59. The van der Waals surface area contributed by atoms with Gasteiger partial charge in [-0.15, -0.1) is 0 Å². The molecule has 0 amide bonds. The summed E-state index contributed by atoms with van der Waals surface area (Å²) >= 11 is 0. The molecule has 0 fully saturated rings. The van der Waals surface area contributed by atoms with E-state index in [1.165, 1.54) is 55.7 Å². The van der Waals surface area contributed by atoms with Crippen LogP contribution < -0.4 is 9.47 Å². The van der Waals surface area contributed by atoms with Gasteiger partial charge in [-0.2, -0.15) is 0 Å². The van der Waals surface area contributed by atoms with Crippen molar-refractivity contribution < 1.29 is 33.5 Å². The van der Waals surface area contributed by atoms with Gasteiger partial charge < -0.3 is 14.2 Å². The summed E-state index contributed by atoms with van der Waals surface area (Å²) < 4.78 is 15.6. The van der Waals surface area contributed by atoms with Crippen molar-refractivity contribution in [1.29, 1.82) is 0 Å². The monoisotopic (exact) mass is 445 g/mol. The van der Waals surface area contributed by atoms with Crippen LogP contribution in [0.1, 0.15) is 36.6 Å². The smallest absolute Gasteiger partial charge is 0.343 e. The van der Waals surface area contributed by atoms with Gasteiger partial charge in [0.15, 0.2) is 5.76 Å². The number of nitrogens with zero attached hydrogens (tertiary/aromatic N) is 1. The third-order valence-corrected chi connectivity index (χ3v) is 4.80. The number of nitro benzene ring substituents is 1. The number of hydrogen-bond donors (Lipinski definition) is 0. The van der Waals surface area contributed by atoms with E-state index in [0.717, 1.165) is 0 Å². The van der Waals surface area contributed by atoms with Gasteiger partial charge >= 0.3 is 11.9 Å². The second-order valence-electron chi connectivity index (χ2n) is 6.90. The Kier molecular flexibility index (Phi) is 5.69. The summed E-state index contributed by atoms with van der Waals surface area (Å²) in [5, 5.41) is 10.7. The van der Waals surface area contributed by atoms with E-state index < -0.39 is 16.9 Å². The maximum atomic E-state index is 12.6. The molecule has 1 aliphatic rings. The fourth-order valence-corrected chi connectivity index (χ4v) is 3.10. The number of hydrogen-bond acceptors (Lipinski definition) is 8. The molecule has 9 heteroatoms. The van der Waals surface area contributed by atoms with Crippen LogP contribution in [0.4, 0.5) is 5.69 Å². The van der Waals surface area contributed by atoms with Crippen molar-refractivity contribution in [1.82, 2.24) is 0 Å². The van der Waals surface area contributed by atoms with Crippen molar-refractivity contribution >= 4 is 29.5 Å². The molecular weight excluding hydrogens is 430 g/mol. The Hall–Kier alpha value is -4.79. The molecule has 164 valence electrons. The van der Waals surface area contributed by atoms with E-state index in [-0.39, 0.29) is 34.3 Å². The molecule has 33 heavy (non-hydrogen) atoms. The number of rotatable bonds is 5. The van der Waals surface area contributed by atoms with Crippen molar-refractivity contribution in [2.45, 2.75) is 0 Å². The van der Waals surface area contributed by atoms with Crippen molar-refractivity contribution in [3.8, 4) is 11.5 Å². The summed E-state index contributed by atoms with van der Waals surface area (Å²) in [5.74, 6) is -1.06. The number of fused-ring (bicyclic) bond motifs is 1. The van der Waals surface area contributed by atoms with Gasteiger partial charge in [0, 0.05) is 18.2 Å². The summed E-state index contributed by atoms with van der Waals surface area (Å²) in [4.78, 5) is 46.6. The first kappa shape index (κ1) is 21.4. The lowest BCUT2D eigenvalue weighted by atomic mass is 10.1. The second kappa shape index (κ2) is 8.75. The molecular formula is C24H15NO8. The van der Waals surface area contributed by atoms with E-state index in [1.807, 2.05) is 0 Å².